The van der Waals surface area contributed by atoms with Crippen molar-refractivity contribution in [3.63, 3.8) is 0 Å². The minimum Gasteiger partial charge on any atom is -0.373 e. The van der Waals surface area contributed by atoms with Gasteiger partial charge in [0, 0.05) is 61.2 Å². The molecular formula is C11H12IN3S. The fraction of sp³-hybridized carbons (Fsp3) is 0.364. The van der Waals surface area contributed by atoms with Crippen molar-refractivity contribution in [2.75, 3.05) is 18.5 Å². The lowest BCUT2D eigenvalue weighted by molar-refractivity contribution is 0.956. The van der Waals surface area contributed by atoms with Crippen LogP contribution in [0.3, 0.4) is 0 Å². The molecule has 3 rings (SSSR count). The van der Waals surface area contributed by atoms with Crippen LogP contribution in [0.1, 0.15) is 11.3 Å². The maximum Gasteiger partial charge on any atom is 0.152 e. The second-order valence-electron chi connectivity index (χ2n) is 4.19. The monoisotopic (exact) mass is 345 g/mol. The third-order valence-corrected chi connectivity index (χ3v) is 4.96. The third-order valence-electron chi connectivity index (χ3n) is 3.18. The number of hydrogen-bond donors (Lipinski definition) is 0. The minimum absolute atomic E-state index is 1.09. The van der Waals surface area contributed by atoms with Gasteiger partial charge in [-0.2, -0.15) is 0 Å². The Morgan fingerprint density at radius 1 is 1.50 bits per heavy atom. The Morgan fingerprint density at radius 3 is 3.06 bits per heavy atom. The molecule has 0 fully saturated rings. The van der Waals surface area contributed by atoms with E-state index in [1.54, 1.807) is 9.12 Å². The molecule has 16 heavy (non-hydrogen) atoms. The molecule has 1 aliphatic rings. The molecule has 0 unspecified atom stereocenters. The summed E-state index contributed by atoms with van der Waals surface area (Å²) in [5.41, 5.74) is 5.10. The number of hydrogen-bond acceptors (Lipinski definition) is 3. The van der Waals surface area contributed by atoms with E-state index in [1.165, 1.54) is 22.3 Å². The van der Waals surface area contributed by atoms with E-state index >= 15 is 0 Å². The average Bonchev–Trinajstić information content (AvgIpc) is 2.78. The predicted molar refractivity (Wildman–Crippen MR) is 78.5 cm³/mol. The van der Waals surface area contributed by atoms with Crippen molar-refractivity contribution >= 4 is 47.0 Å². The molecule has 0 atom stereocenters. The fourth-order valence-corrected chi connectivity index (χ4v) is 4.26. The number of anilines is 1. The number of aryl methyl sites for hydroxylation is 1. The maximum absolute atomic E-state index is 4.59. The normalized spacial score (nSPS) is 14.8. The van der Waals surface area contributed by atoms with Gasteiger partial charge in [0.2, 0.25) is 0 Å². The first kappa shape index (κ1) is 10.7. The topological polar surface area (TPSA) is 21.1 Å². The van der Waals surface area contributed by atoms with E-state index in [0.717, 1.165) is 18.6 Å². The van der Waals surface area contributed by atoms with Gasteiger partial charge in [-0.3, -0.25) is 3.97 Å². The number of pyridine rings is 1. The number of nitrogens with zero attached hydrogens (tertiary/aromatic N) is 3. The SMILES string of the molecule is Cc1cc2c3c(cnc2n1SI)CCN3C. The van der Waals surface area contributed by atoms with Crippen LogP contribution < -0.4 is 4.90 Å². The van der Waals surface area contributed by atoms with Crippen molar-refractivity contribution in [3.05, 3.63) is 23.5 Å². The summed E-state index contributed by atoms with van der Waals surface area (Å²) in [6.45, 7) is 3.24. The van der Waals surface area contributed by atoms with Gasteiger partial charge in [-0.15, -0.1) is 0 Å². The second-order valence-corrected chi connectivity index (χ2v) is 5.87. The Labute approximate surface area is 111 Å². The molecule has 2 aromatic heterocycles. The molecular weight excluding hydrogens is 333 g/mol. The van der Waals surface area contributed by atoms with Crippen molar-refractivity contribution in [1.82, 2.24) is 8.96 Å². The highest BCUT2D eigenvalue weighted by Gasteiger charge is 2.21. The van der Waals surface area contributed by atoms with Gasteiger partial charge in [-0.25, -0.2) is 4.98 Å². The summed E-state index contributed by atoms with van der Waals surface area (Å²) in [6.07, 6.45) is 3.15. The van der Waals surface area contributed by atoms with Gasteiger partial charge in [0.25, 0.3) is 0 Å². The number of rotatable bonds is 1. The molecule has 0 saturated carbocycles. The smallest absolute Gasteiger partial charge is 0.152 e. The van der Waals surface area contributed by atoms with E-state index < -0.39 is 0 Å². The quantitative estimate of drug-likeness (QED) is 0.741. The standard InChI is InChI=1S/C11H12IN3S/c1-7-5-9-10-8(3-4-14(10)2)6-13-11(9)15(7)16-12/h5-6H,3-4H2,1-2H3. The lowest BCUT2D eigenvalue weighted by Gasteiger charge is -2.12. The van der Waals surface area contributed by atoms with Gasteiger partial charge >= 0.3 is 0 Å². The number of fused-ring (bicyclic) bond motifs is 3. The first-order valence-corrected chi connectivity index (χ1v) is 8.54. The molecule has 0 aromatic carbocycles. The van der Waals surface area contributed by atoms with Crippen molar-refractivity contribution in [2.24, 2.45) is 0 Å². The summed E-state index contributed by atoms with van der Waals surface area (Å²) in [7, 11) is 3.85. The van der Waals surface area contributed by atoms with Gasteiger partial charge in [0.15, 0.2) is 5.65 Å². The average molecular weight is 345 g/mol. The molecule has 1 aliphatic heterocycles. The molecule has 3 nitrogen and oxygen atoms in total. The Balaban J connectivity index is 2.38. The third kappa shape index (κ3) is 1.37. The van der Waals surface area contributed by atoms with Crippen LogP contribution in [0, 0.1) is 6.92 Å². The summed E-state index contributed by atoms with van der Waals surface area (Å²) in [5, 5.41) is 1.29. The molecule has 84 valence electrons. The zero-order valence-corrected chi connectivity index (χ0v) is 12.2. The Kier molecular flexibility index (Phi) is 2.54. The van der Waals surface area contributed by atoms with E-state index in [1.807, 2.05) is 6.20 Å². The van der Waals surface area contributed by atoms with Crippen LogP contribution in [0.2, 0.25) is 0 Å². The molecule has 0 aliphatic carbocycles. The van der Waals surface area contributed by atoms with Crippen molar-refractivity contribution in [2.45, 2.75) is 13.3 Å². The summed E-state index contributed by atoms with van der Waals surface area (Å²) in [6, 6.07) is 2.24. The van der Waals surface area contributed by atoms with E-state index in [0.29, 0.717) is 0 Å². The van der Waals surface area contributed by atoms with Crippen LogP contribution >= 0.6 is 30.3 Å². The molecule has 0 amide bonds. The zero-order chi connectivity index (χ0) is 11.3. The van der Waals surface area contributed by atoms with Gasteiger partial charge in [-0.1, -0.05) is 0 Å². The number of likely N-dealkylation sites (N-methyl/N-ethyl adjacent to an activating group) is 1. The molecule has 2 aromatic rings. The molecule has 0 spiro atoms. The minimum atomic E-state index is 1.09. The van der Waals surface area contributed by atoms with Gasteiger partial charge in [0.05, 0.1) is 5.69 Å². The first-order valence-electron chi connectivity index (χ1n) is 5.22. The van der Waals surface area contributed by atoms with Gasteiger partial charge in [-0.05, 0) is 25.0 Å². The molecule has 0 saturated heterocycles. The summed E-state index contributed by atoms with van der Waals surface area (Å²) < 4.78 is 2.18. The Hall–Kier alpha value is -0.430. The molecule has 0 radical (unpaired) electrons. The van der Waals surface area contributed by atoms with Crippen LogP contribution in [0.4, 0.5) is 5.69 Å². The van der Waals surface area contributed by atoms with Crippen molar-refractivity contribution in [1.29, 1.82) is 0 Å². The largest absolute Gasteiger partial charge is 0.373 e. The summed E-state index contributed by atoms with van der Waals surface area (Å²) >= 11 is 2.30. The van der Waals surface area contributed by atoms with Crippen LogP contribution in [0.25, 0.3) is 11.0 Å². The lowest BCUT2D eigenvalue weighted by atomic mass is 10.2. The van der Waals surface area contributed by atoms with Crippen LogP contribution in [-0.4, -0.2) is 22.5 Å². The van der Waals surface area contributed by atoms with E-state index in [2.05, 4.69) is 55.1 Å². The first-order chi connectivity index (χ1) is 7.72. The summed E-state index contributed by atoms with van der Waals surface area (Å²) in [5.74, 6) is 0. The molecule has 0 N–H and O–H groups in total. The molecule has 3 heterocycles. The van der Waals surface area contributed by atoms with Gasteiger partial charge in [0.1, 0.15) is 0 Å². The second kappa shape index (κ2) is 3.80. The highest BCUT2D eigenvalue weighted by atomic mass is 127. The van der Waals surface area contributed by atoms with Crippen LogP contribution in [0.5, 0.6) is 0 Å². The predicted octanol–water partition coefficient (Wildman–Crippen LogP) is 3.18. The van der Waals surface area contributed by atoms with E-state index in [4.69, 9.17) is 0 Å². The molecule has 5 heteroatoms. The maximum atomic E-state index is 4.59. The Bertz CT molecular complexity index is 564. The fourth-order valence-electron chi connectivity index (χ4n) is 2.40. The highest BCUT2D eigenvalue weighted by molar-refractivity contribution is 14.2. The van der Waals surface area contributed by atoms with E-state index in [-0.39, 0.29) is 0 Å². The van der Waals surface area contributed by atoms with Crippen LogP contribution in [0.15, 0.2) is 12.3 Å². The molecule has 0 bridgehead atoms. The number of aromatic nitrogens is 2. The lowest BCUT2D eigenvalue weighted by Crippen LogP contribution is -2.12. The highest BCUT2D eigenvalue weighted by Crippen LogP contribution is 2.37. The number of halogens is 1. The van der Waals surface area contributed by atoms with Gasteiger partial charge < -0.3 is 4.90 Å². The van der Waals surface area contributed by atoms with Crippen molar-refractivity contribution in [3.8, 4) is 0 Å². The summed E-state index contributed by atoms with van der Waals surface area (Å²) in [4.78, 5) is 6.92. The van der Waals surface area contributed by atoms with E-state index in [9.17, 15) is 0 Å². The zero-order valence-electron chi connectivity index (χ0n) is 9.20. The van der Waals surface area contributed by atoms with Crippen molar-refractivity contribution < 1.29 is 0 Å². The Morgan fingerprint density at radius 2 is 2.31 bits per heavy atom. The van der Waals surface area contributed by atoms with Crippen LogP contribution in [-0.2, 0) is 6.42 Å².